The van der Waals surface area contributed by atoms with Crippen molar-refractivity contribution in [1.29, 1.82) is 0 Å². The zero-order chi connectivity index (χ0) is 74.7. The number of nitrogens with two attached hydrogens (primary N) is 2. The molecular formula is C78H104N8O15. The zero-order valence-electron chi connectivity index (χ0n) is 59.8. The number of nitrogens with one attached hydrogen (secondary N) is 3. The van der Waals surface area contributed by atoms with Gasteiger partial charge in [-0.25, -0.2) is 14.4 Å². The first-order valence-corrected chi connectivity index (χ1v) is 33.6. The summed E-state index contributed by atoms with van der Waals surface area (Å²) in [5, 5.41) is 7.88. The van der Waals surface area contributed by atoms with Crippen LogP contribution in [-0.2, 0) is 99.1 Å². The van der Waals surface area contributed by atoms with Gasteiger partial charge in [0.25, 0.3) is 0 Å². The van der Waals surface area contributed by atoms with Crippen molar-refractivity contribution in [3.8, 4) is 5.75 Å². The van der Waals surface area contributed by atoms with E-state index in [0.29, 0.717) is 58.5 Å². The highest BCUT2D eigenvalue weighted by Gasteiger charge is 2.32. The number of hydrogen-bond donors (Lipinski definition) is 5. The van der Waals surface area contributed by atoms with Crippen molar-refractivity contribution in [1.82, 2.24) is 30.7 Å². The van der Waals surface area contributed by atoms with Crippen LogP contribution in [0, 0.1) is 5.92 Å². The molecule has 5 aromatic rings. The first-order valence-electron chi connectivity index (χ1n) is 33.6. The Balaban J connectivity index is 0.000000401. The van der Waals surface area contributed by atoms with Gasteiger partial charge in [-0.05, 0) is 113 Å². The predicted octanol–water partition coefficient (Wildman–Crippen LogP) is 7.52. The Hall–Kier alpha value is -10.3. The number of hydrogen-bond acceptors (Lipinski definition) is 17. The van der Waals surface area contributed by atoms with E-state index < -0.39 is 83.3 Å². The van der Waals surface area contributed by atoms with Gasteiger partial charge in [0, 0.05) is 58.5 Å². The van der Waals surface area contributed by atoms with E-state index in [4.69, 9.17) is 35.2 Å². The summed E-state index contributed by atoms with van der Waals surface area (Å²) in [6, 6.07) is 41.3. The molecule has 0 saturated carbocycles. The van der Waals surface area contributed by atoms with Gasteiger partial charge in [0.2, 0.25) is 35.4 Å². The Bertz CT molecular complexity index is 3390. The molecule has 6 atom stereocenters. The Labute approximate surface area is 595 Å². The maximum absolute atomic E-state index is 13.4. The van der Waals surface area contributed by atoms with E-state index in [0.717, 1.165) is 33.6 Å². The second-order valence-electron chi connectivity index (χ2n) is 24.8. The average molecular weight is 1390 g/mol. The first-order chi connectivity index (χ1) is 48.3. The molecule has 5 rings (SSSR count). The molecule has 7 N–H and O–H groups in total. The van der Waals surface area contributed by atoms with Gasteiger partial charge in [-0.3, -0.25) is 33.6 Å². The number of nitrogens with zero attached hydrogens (tertiary/aromatic N) is 3. The number of benzene rings is 5. The summed E-state index contributed by atoms with van der Waals surface area (Å²) in [5.74, 6) is -4.31. The van der Waals surface area contributed by atoms with Crippen molar-refractivity contribution >= 4 is 59.3 Å². The molecule has 0 aliphatic heterocycles. The van der Waals surface area contributed by atoms with Crippen LogP contribution in [0.2, 0.25) is 0 Å². The SMILES string of the molecule is C=CCN(CCc1ccccc1)C(=O)CC[C@H](NC(=O)[C@H](CC(=O)OC(C)(C)C)Cc1ccccc1)C(=O)OC.C=CCN(CCc1ccccc1)C(=O)CC[C@H](NC(=O)[C@H](N)Cc1ccccc1)C(=O)OC.C=CCN(Cc1ccc(OC)cc1)C(=O)CC[C@H](NC(=O)[C@@H](C)N)C(=O)OC. The Morgan fingerprint density at radius 3 is 1.19 bits per heavy atom. The summed E-state index contributed by atoms with van der Waals surface area (Å²) in [7, 11) is 5.29. The molecule has 0 bridgehead atoms. The van der Waals surface area contributed by atoms with Crippen LogP contribution in [0.3, 0.4) is 0 Å². The van der Waals surface area contributed by atoms with E-state index in [9.17, 15) is 47.9 Å². The number of rotatable bonds is 39. The van der Waals surface area contributed by atoms with E-state index in [1.165, 1.54) is 28.3 Å². The van der Waals surface area contributed by atoms with E-state index >= 15 is 0 Å². The smallest absolute Gasteiger partial charge is 0.328 e. The van der Waals surface area contributed by atoms with E-state index in [-0.39, 0.29) is 69.1 Å². The number of esters is 4. The molecule has 5 aromatic carbocycles. The highest BCUT2D eigenvalue weighted by atomic mass is 16.6. The van der Waals surface area contributed by atoms with Gasteiger partial charge >= 0.3 is 23.9 Å². The molecule has 0 aliphatic carbocycles. The van der Waals surface area contributed by atoms with Gasteiger partial charge in [0.1, 0.15) is 29.5 Å². The van der Waals surface area contributed by atoms with Crippen LogP contribution in [-0.4, -0.2) is 171 Å². The molecular weight excluding hydrogens is 1290 g/mol. The molecule has 23 heteroatoms. The van der Waals surface area contributed by atoms with Gasteiger partial charge in [-0.1, -0.05) is 152 Å². The predicted molar refractivity (Wildman–Crippen MR) is 388 cm³/mol. The summed E-state index contributed by atoms with van der Waals surface area (Å²) in [6.07, 6.45) is 7.28. The minimum atomic E-state index is -1.04. The molecule has 546 valence electrons. The van der Waals surface area contributed by atoms with E-state index in [1.54, 1.807) is 60.8 Å². The minimum Gasteiger partial charge on any atom is -0.497 e. The van der Waals surface area contributed by atoms with E-state index in [2.05, 4.69) is 35.7 Å². The standard InChI is InChI=1S/C32H42N2O6.C26H33N3O4.C20H29N3O5/c1-6-20-34(21-19-24-13-9-7-10-14-24)28(35)18-17-27(31(38)39-5)33-30(37)26(22-25-15-11-8-12-16-25)23-29(36)40-32(2,3)4;1-3-17-29(18-16-20-10-6-4-7-11-20)24(30)15-14-23(26(32)33-2)28-25(31)22(27)19-21-12-8-5-9-13-21;1-5-12-23(13-15-6-8-16(27-3)9-7-15)18(24)11-10-17(20(26)28-4)22-19(25)14(2)21/h6-16,26-27H,1,17-23H2,2-5H3,(H,33,37);3-13,22-23H,1,14-19,27H2,2H3,(H,28,31);5-9,14,17H,1,10-13,21H2,2-4H3,(H,22,25)/t26-,27-;22-,23+;14-,17+/m011/s1. The zero-order valence-corrected chi connectivity index (χ0v) is 59.8. The van der Waals surface area contributed by atoms with Crippen LogP contribution < -0.4 is 32.2 Å². The van der Waals surface area contributed by atoms with Crippen LogP contribution in [0.1, 0.15) is 100 Å². The fourth-order valence-electron chi connectivity index (χ4n) is 10.2. The topological polar surface area (TPSA) is 315 Å². The fourth-order valence-corrected chi connectivity index (χ4v) is 10.2. The Morgan fingerprint density at radius 2 is 0.822 bits per heavy atom. The van der Waals surface area contributed by atoms with Crippen LogP contribution in [0.4, 0.5) is 0 Å². The van der Waals surface area contributed by atoms with Crippen molar-refractivity contribution in [2.45, 2.75) is 141 Å². The molecule has 0 spiro atoms. The molecule has 0 aromatic heterocycles. The number of carbonyl (C=O) groups is 10. The summed E-state index contributed by atoms with van der Waals surface area (Å²) in [4.78, 5) is 131. The largest absolute Gasteiger partial charge is 0.497 e. The van der Waals surface area contributed by atoms with Crippen molar-refractivity contribution in [2.75, 3.05) is 61.2 Å². The fraction of sp³-hybridized carbons (Fsp3) is 0.410. The molecule has 0 saturated heterocycles. The molecule has 0 unspecified atom stereocenters. The van der Waals surface area contributed by atoms with Crippen molar-refractivity contribution in [3.63, 3.8) is 0 Å². The third kappa shape index (κ3) is 33.9. The second kappa shape index (κ2) is 46.9. The molecule has 0 aliphatic rings. The highest BCUT2D eigenvalue weighted by molar-refractivity contribution is 5.90. The summed E-state index contributed by atoms with van der Waals surface area (Å²) >= 11 is 0. The van der Waals surface area contributed by atoms with E-state index in [1.807, 2.05) is 146 Å². The third-order valence-corrected chi connectivity index (χ3v) is 15.6. The van der Waals surface area contributed by atoms with Gasteiger partial charge in [-0.2, -0.15) is 0 Å². The van der Waals surface area contributed by atoms with Crippen LogP contribution in [0.15, 0.2) is 184 Å². The molecule has 0 heterocycles. The number of methoxy groups -OCH3 is 4. The average Bonchev–Trinajstić information content (AvgIpc) is 0.901. The van der Waals surface area contributed by atoms with Crippen molar-refractivity contribution < 1.29 is 71.6 Å². The maximum Gasteiger partial charge on any atom is 0.328 e. The lowest BCUT2D eigenvalue weighted by Gasteiger charge is -2.25. The quantitative estimate of drug-likeness (QED) is 0.0144. The Morgan fingerprint density at radius 1 is 0.465 bits per heavy atom. The van der Waals surface area contributed by atoms with Crippen LogP contribution >= 0.6 is 0 Å². The van der Waals surface area contributed by atoms with Gasteiger partial charge in [0.15, 0.2) is 0 Å². The van der Waals surface area contributed by atoms with Crippen LogP contribution in [0.25, 0.3) is 0 Å². The van der Waals surface area contributed by atoms with Crippen molar-refractivity contribution in [3.05, 3.63) is 211 Å². The molecule has 23 nitrogen and oxygen atoms in total. The third-order valence-electron chi connectivity index (χ3n) is 15.6. The summed E-state index contributed by atoms with van der Waals surface area (Å²) in [6.45, 7) is 20.5. The normalized spacial score (nSPS) is 12.4. The second-order valence-corrected chi connectivity index (χ2v) is 24.8. The number of amides is 6. The molecule has 101 heavy (non-hydrogen) atoms. The molecule has 0 radical (unpaired) electrons. The lowest BCUT2D eigenvalue weighted by atomic mass is 9.94. The molecule has 0 fully saturated rings. The van der Waals surface area contributed by atoms with Gasteiger partial charge in [-0.15, -0.1) is 19.7 Å². The van der Waals surface area contributed by atoms with Crippen molar-refractivity contribution in [2.24, 2.45) is 17.4 Å². The molecule has 6 amide bonds. The van der Waals surface area contributed by atoms with Gasteiger partial charge < -0.3 is 65.8 Å². The number of carbonyl (C=O) groups excluding carboxylic acids is 10. The Kier molecular flexibility index (Phi) is 39.5. The highest BCUT2D eigenvalue weighted by Crippen LogP contribution is 2.20. The lowest BCUT2D eigenvalue weighted by Crippen LogP contribution is -2.50. The minimum absolute atomic E-state index is 0.0259. The summed E-state index contributed by atoms with van der Waals surface area (Å²) < 4.78 is 25.0. The van der Waals surface area contributed by atoms with Crippen LogP contribution in [0.5, 0.6) is 5.75 Å². The van der Waals surface area contributed by atoms with Gasteiger partial charge in [0.05, 0.1) is 52.9 Å². The number of ether oxygens (including phenoxy) is 5. The maximum atomic E-state index is 13.4. The first kappa shape index (κ1) is 85.0. The lowest BCUT2D eigenvalue weighted by molar-refractivity contribution is -0.157. The summed E-state index contributed by atoms with van der Waals surface area (Å²) in [5.41, 5.74) is 15.8. The monoisotopic (exact) mass is 1390 g/mol.